The van der Waals surface area contributed by atoms with Gasteiger partial charge in [0.2, 0.25) is 5.00 Å². The summed E-state index contributed by atoms with van der Waals surface area (Å²) in [6.45, 7) is 0. The third kappa shape index (κ3) is 1.47. The zero-order valence-electron chi connectivity index (χ0n) is 9.35. The summed E-state index contributed by atoms with van der Waals surface area (Å²) in [5.74, 6) is -0.734. The number of alkyl halides is 3. The average Bonchev–Trinajstić information content (AvgIpc) is 2.93. The summed E-state index contributed by atoms with van der Waals surface area (Å²) in [7, 11) is -1.88. The SMILES string of the molecule is O=S(c1ccccc1)[C@@]1(F)[C@H]2C=C[C@H](C2)C1(Cl)Cl. The van der Waals surface area contributed by atoms with E-state index in [-0.39, 0.29) is 5.92 Å². The highest BCUT2D eigenvalue weighted by Crippen LogP contribution is 2.62. The van der Waals surface area contributed by atoms with Gasteiger partial charge in [0.1, 0.15) is 0 Å². The molecule has 3 rings (SSSR count). The summed E-state index contributed by atoms with van der Waals surface area (Å²) in [6.07, 6.45) is 4.10. The van der Waals surface area contributed by atoms with Crippen molar-refractivity contribution in [2.45, 2.75) is 20.7 Å². The Kier molecular flexibility index (Phi) is 2.85. The molecular weight excluding hydrogens is 294 g/mol. The quantitative estimate of drug-likeness (QED) is 0.599. The molecule has 0 aromatic heterocycles. The van der Waals surface area contributed by atoms with Crippen LogP contribution in [0.5, 0.6) is 0 Å². The molecule has 1 fully saturated rings. The van der Waals surface area contributed by atoms with Crippen LogP contribution in [0.25, 0.3) is 0 Å². The van der Waals surface area contributed by atoms with Crippen LogP contribution in [0.1, 0.15) is 6.42 Å². The number of hydrogen-bond acceptors (Lipinski definition) is 1. The summed E-state index contributed by atoms with van der Waals surface area (Å²) in [5, 5.41) is -2.11. The van der Waals surface area contributed by atoms with E-state index >= 15 is 4.39 Å². The fourth-order valence-electron chi connectivity index (χ4n) is 2.72. The minimum atomic E-state index is -2.11. The standard InChI is InChI=1S/C13H11Cl2FOS/c14-12(15)9-6-7-10(8-9)13(12,16)18(17)11-4-2-1-3-5-11/h1-7,9-10H,8H2/t9-,10+,13+,18?/m1/s1. The maximum Gasteiger partial charge on any atom is 0.228 e. The molecule has 1 unspecified atom stereocenters. The fraction of sp³-hybridized carbons (Fsp3) is 0.385. The number of allylic oxidation sites excluding steroid dienone is 2. The smallest absolute Gasteiger partial charge is 0.228 e. The molecule has 1 nitrogen and oxygen atoms in total. The van der Waals surface area contributed by atoms with E-state index in [0.29, 0.717) is 11.3 Å². The molecule has 2 bridgehead atoms. The van der Waals surface area contributed by atoms with Crippen molar-refractivity contribution in [1.29, 1.82) is 0 Å². The van der Waals surface area contributed by atoms with E-state index in [9.17, 15) is 4.21 Å². The maximum atomic E-state index is 15.2. The number of halogens is 3. The van der Waals surface area contributed by atoms with E-state index in [1.165, 1.54) is 0 Å². The number of benzene rings is 1. The molecule has 1 saturated carbocycles. The molecule has 0 spiro atoms. The topological polar surface area (TPSA) is 17.1 Å². The van der Waals surface area contributed by atoms with Gasteiger partial charge in [-0.1, -0.05) is 53.6 Å². The Morgan fingerprint density at radius 1 is 1.17 bits per heavy atom. The predicted octanol–water partition coefficient (Wildman–Crippen LogP) is 3.84. The normalized spacial score (nSPS) is 37.9. The Bertz CT molecular complexity index is 531. The first-order valence-corrected chi connectivity index (χ1v) is 7.60. The lowest BCUT2D eigenvalue weighted by Gasteiger charge is -2.36. The summed E-state index contributed by atoms with van der Waals surface area (Å²) in [6, 6.07) is 8.52. The minimum absolute atomic E-state index is 0.261. The Hall–Kier alpha value is -0.380. The Balaban J connectivity index is 2.06. The largest absolute Gasteiger partial charge is 0.251 e. The summed E-state index contributed by atoms with van der Waals surface area (Å²) in [5.41, 5.74) is 0. The molecule has 1 aromatic rings. The van der Waals surface area contributed by atoms with Gasteiger partial charge >= 0.3 is 0 Å². The van der Waals surface area contributed by atoms with Gasteiger partial charge in [-0.05, 0) is 18.6 Å². The van der Waals surface area contributed by atoms with Crippen molar-refractivity contribution in [2.75, 3.05) is 0 Å². The highest BCUT2D eigenvalue weighted by molar-refractivity contribution is 7.86. The molecule has 1 aromatic carbocycles. The van der Waals surface area contributed by atoms with Gasteiger partial charge in [-0.15, -0.1) is 0 Å². The number of hydrogen-bond donors (Lipinski definition) is 0. The van der Waals surface area contributed by atoms with Gasteiger partial charge < -0.3 is 0 Å². The second kappa shape index (κ2) is 4.06. The van der Waals surface area contributed by atoms with Crippen molar-refractivity contribution >= 4 is 34.0 Å². The lowest BCUT2D eigenvalue weighted by Crippen LogP contribution is -2.49. The molecule has 0 saturated heterocycles. The van der Waals surface area contributed by atoms with Gasteiger partial charge in [-0.25, -0.2) is 4.39 Å². The highest BCUT2D eigenvalue weighted by atomic mass is 35.5. The molecule has 4 atom stereocenters. The number of rotatable bonds is 2. The van der Waals surface area contributed by atoms with Gasteiger partial charge in [-0.3, -0.25) is 4.21 Å². The first kappa shape index (κ1) is 12.6. The molecule has 0 N–H and O–H groups in total. The summed E-state index contributed by atoms with van der Waals surface area (Å²) in [4.78, 5) is 0.423. The van der Waals surface area contributed by atoms with Gasteiger partial charge in [0.25, 0.3) is 0 Å². The van der Waals surface area contributed by atoms with Crippen LogP contribution < -0.4 is 0 Å². The molecule has 18 heavy (non-hydrogen) atoms. The first-order chi connectivity index (χ1) is 8.48. The minimum Gasteiger partial charge on any atom is -0.251 e. The summed E-state index contributed by atoms with van der Waals surface area (Å²) >= 11 is 12.3. The van der Waals surface area contributed by atoms with E-state index in [0.717, 1.165) is 0 Å². The van der Waals surface area contributed by atoms with Crippen LogP contribution in [0, 0.1) is 11.8 Å². The molecule has 2 aliphatic rings. The van der Waals surface area contributed by atoms with Crippen LogP contribution in [0.2, 0.25) is 0 Å². The molecular formula is C13H11Cl2FOS. The van der Waals surface area contributed by atoms with Crippen molar-refractivity contribution in [2.24, 2.45) is 11.8 Å². The monoisotopic (exact) mass is 304 g/mol. The van der Waals surface area contributed by atoms with Gasteiger partial charge in [0.05, 0.1) is 10.8 Å². The second-order valence-electron chi connectivity index (χ2n) is 4.68. The zero-order chi connectivity index (χ0) is 13.0. The van der Waals surface area contributed by atoms with E-state index in [1.54, 1.807) is 36.4 Å². The van der Waals surface area contributed by atoms with Crippen LogP contribution in [0.4, 0.5) is 4.39 Å². The van der Waals surface area contributed by atoms with Crippen molar-refractivity contribution in [3.8, 4) is 0 Å². The van der Waals surface area contributed by atoms with Crippen molar-refractivity contribution in [3.05, 3.63) is 42.5 Å². The van der Waals surface area contributed by atoms with Gasteiger partial charge in [0.15, 0.2) is 4.33 Å². The van der Waals surface area contributed by atoms with Crippen molar-refractivity contribution in [1.82, 2.24) is 0 Å². The van der Waals surface area contributed by atoms with Crippen LogP contribution in [-0.4, -0.2) is 13.5 Å². The average molecular weight is 305 g/mol. The summed E-state index contributed by atoms with van der Waals surface area (Å²) < 4.78 is 26.1. The van der Waals surface area contributed by atoms with E-state index in [1.807, 2.05) is 6.08 Å². The van der Waals surface area contributed by atoms with Crippen LogP contribution in [0.15, 0.2) is 47.4 Å². The van der Waals surface area contributed by atoms with Gasteiger partial charge in [0, 0.05) is 16.7 Å². The van der Waals surface area contributed by atoms with Crippen molar-refractivity contribution < 1.29 is 8.60 Å². The maximum absolute atomic E-state index is 15.2. The molecule has 96 valence electrons. The van der Waals surface area contributed by atoms with Gasteiger partial charge in [-0.2, -0.15) is 0 Å². The lowest BCUT2D eigenvalue weighted by atomic mass is 10.0. The molecule has 5 heteroatoms. The first-order valence-electron chi connectivity index (χ1n) is 5.70. The van der Waals surface area contributed by atoms with Crippen LogP contribution in [-0.2, 0) is 10.8 Å². The van der Waals surface area contributed by atoms with Crippen LogP contribution in [0.3, 0.4) is 0 Å². The fourth-order valence-corrected chi connectivity index (χ4v) is 5.34. The molecule has 0 radical (unpaired) electrons. The van der Waals surface area contributed by atoms with Crippen LogP contribution >= 0.6 is 23.2 Å². The van der Waals surface area contributed by atoms with E-state index in [4.69, 9.17) is 23.2 Å². The third-order valence-corrected chi connectivity index (χ3v) is 6.91. The Morgan fingerprint density at radius 2 is 1.78 bits per heavy atom. The second-order valence-corrected chi connectivity index (χ2v) is 7.67. The highest BCUT2D eigenvalue weighted by Gasteiger charge is 2.69. The molecule has 0 aliphatic heterocycles. The Morgan fingerprint density at radius 3 is 2.33 bits per heavy atom. The third-order valence-electron chi connectivity index (χ3n) is 3.71. The van der Waals surface area contributed by atoms with E-state index < -0.39 is 26.1 Å². The zero-order valence-corrected chi connectivity index (χ0v) is 11.7. The van der Waals surface area contributed by atoms with Crippen molar-refractivity contribution in [3.63, 3.8) is 0 Å². The molecule has 0 heterocycles. The Labute approximate surface area is 117 Å². The number of fused-ring (bicyclic) bond motifs is 2. The predicted molar refractivity (Wildman–Crippen MR) is 71.9 cm³/mol. The molecule has 0 amide bonds. The molecule has 2 aliphatic carbocycles. The van der Waals surface area contributed by atoms with E-state index in [2.05, 4.69) is 0 Å². The lowest BCUT2D eigenvalue weighted by molar-refractivity contribution is 0.224.